The number of anilines is 1. The summed E-state index contributed by atoms with van der Waals surface area (Å²) in [6.45, 7) is 3.58. The molecule has 3 aromatic rings. The molecular weight excluding hydrogens is 623 g/mol. The molecule has 248 valence electrons. The van der Waals surface area contributed by atoms with Gasteiger partial charge in [0.15, 0.2) is 0 Å². The van der Waals surface area contributed by atoms with Crippen LogP contribution in [0.4, 0.5) is 5.69 Å². The van der Waals surface area contributed by atoms with E-state index in [0.717, 1.165) is 46.9 Å². The second kappa shape index (κ2) is 16.7. The fourth-order valence-electron chi connectivity index (χ4n) is 5.72. The first-order chi connectivity index (χ1) is 22.2. The summed E-state index contributed by atoms with van der Waals surface area (Å²) in [4.78, 5) is 30.7. The third-order valence-corrected chi connectivity index (χ3v) is 10.7. The molecule has 1 atom stereocenters. The number of carbonyl (C=O) groups excluding carboxylic acids is 2. The summed E-state index contributed by atoms with van der Waals surface area (Å²) in [5.74, 6) is 0.275. The number of methoxy groups -OCH3 is 1. The number of nitrogens with zero attached hydrogens (tertiary/aromatic N) is 2. The molecule has 0 heterocycles. The van der Waals surface area contributed by atoms with E-state index in [1.807, 2.05) is 32.2 Å². The van der Waals surface area contributed by atoms with Crippen molar-refractivity contribution in [3.63, 3.8) is 0 Å². The molecule has 1 aliphatic carbocycles. The van der Waals surface area contributed by atoms with Gasteiger partial charge < -0.3 is 19.7 Å². The molecule has 1 N–H and O–H groups in total. The van der Waals surface area contributed by atoms with Gasteiger partial charge in [-0.2, -0.15) is 0 Å². The van der Waals surface area contributed by atoms with Gasteiger partial charge in [-0.25, -0.2) is 8.42 Å². The van der Waals surface area contributed by atoms with Crippen LogP contribution in [0.25, 0.3) is 0 Å². The Bertz CT molecular complexity index is 1540. The number of ether oxygens (including phenoxy) is 2. The zero-order valence-electron chi connectivity index (χ0n) is 27.1. The van der Waals surface area contributed by atoms with Gasteiger partial charge in [-0.1, -0.05) is 50.5 Å². The molecule has 11 heteroatoms. The molecule has 2 amide bonds. The molecule has 1 fully saturated rings. The van der Waals surface area contributed by atoms with E-state index in [4.69, 9.17) is 9.47 Å². The third kappa shape index (κ3) is 8.76. The van der Waals surface area contributed by atoms with Crippen molar-refractivity contribution in [3.8, 4) is 11.5 Å². The Hall–Kier alpha value is -3.70. The molecule has 9 nitrogen and oxygen atoms in total. The van der Waals surface area contributed by atoms with Gasteiger partial charge >= 0.3 is 0 Å². The summed E-state index contributed by atoms with van der Waals surface area (Å²) in [7, 11) is -2.65. The second-order valence-electron chi connectivity index (χ2n) is 11.2. The van der Waals surface area contributed by atoms with Crippen LogP contribution in [0.1, 0.15) is 57.9 Å². The van der Waals surface area contributed by atoms with Crippen molar-refractivity contribution in [1.29, 1.82) is 0 Å². The second-order valence-corrected chi connectivity index (χ2v) is 14.0. The first-order valence-electron chi connectivity index (χ1n) is 15.8. The smallest absolute Gasteiger partial charge is 0.264 e. The SMILES string of the molecule is CCOc1ccccc1N(CC(=O)N(Cc1ccc(OC)cc1)C(CC)C(=O)NC1CCCCC1)S(=O)(=O)c1ccc(SC)cc1. The average molecular weight is 668 g/mol. The summed E-state index contributed by atoms with van der Waals surface area (Å²) in [5.41, 5.74) is 1.03. The highest BCUT2D eigenvalue weighted by atomic mass is 32.2. The molecule has 0 spiro atoms. The van der Waals surface area contributed by atoms with Crippen LogP contribution in [0, 0.1) is 0 Å². The number of benzene rings is 3. The topological polar surface area (TPSA) is 105 Å². The third-order valence-electron chi connectivity index (χ3n) is 8.21. The number of thioether (sulfide) groups is 1. The first kappa shape index (κ1) is 35.2. The van der Waals surface area contributed by atoms with Gasteiger partial charge in [0.25, 0.3) is 10.0 Å². The number of nitrogens with one attached hydrogen (secondary N) is 1. The minimum Gasteiger partial charge on any atom is -0.497 e. The number of amides is 2. The number of sulfonamides is 1. The fourth-order valence-corrected chi connectivity index (χ4v) is 7.55. The number of rotatable bonds is 15. The van der Waals surface area contributed by atoms with Crippen LogP contribution >= 0.6 is 11.8 Å². The van der Waals surface area contributed by atoms with Crippen LogP contribution in [0.3, 0.4) is 0 Å². The Morgan fingerprint density at radius 1 is 0.957 bits per heavy atom. The maximum atomic E-state index is 14.5. The minimum absolute atomic E-state index is 0.0492. The van der Waals surface area contributed by atoms with E-state index in [0.29, 0.717) is 24.5 Å². The standard InChI is InChI=1S/C35H45N3O6S2/c1-5-31(35(40)36-27-12-8-7-9-13-27)37(24-26-16-18-28(43-3)19-17-26)34(39)25-38(32-14-10-11-15-33(32)44-6-2)46(41,42)30-22-20-29(45-4)21-23-30/h10-11,14-23,27,31H,5-9,12-13,24-25H2,1-4H3,(H,36,40). The summed E-state index contributed by atoms with van der Waals surface area (Å²) in [6, 6.07) is 19.9. The van der Waals surface area contributed by atoms with Crippen LogP contribution in [0.5, 0.6) is 11.5 Å². The monoisotopic (exact) mass is 667 g/mol. The number of carbonyl (C=O) groups is 2. The highest BCUT2D eigenvalue weighted by Crippen LogP contribution is 2.33. The maximum absolute atomic E-state index is 14.5. The van der Waals surface area contributed by atoms with E-state index in [-0.39, 0.29) is 29.1 Å². The van der Waals surface area contributed by atoms with Crippen LogP contribution in [-0.2, 0) is 26.2 Å². The molecule has 0 bridgehead atoms. The summed E-state index contributed by atoms with van der Waals surface area (Å²) in [6.07, 6.45) is 7.35. The van der Waals surface area contributed by atoms with Crippen molar-refractivity contribution in [3.05, 3.63) is 78.4 Å². The Labute approximate surface area is 277 Å². The van der Waals surface area contributed by atoms with Crippen molar-refractivity contribution in [2.24, 2.45) is 0 Å². The van der Waals surface area contributed by atoms with Crippen molar-refractivity contribution in [2.75, 3.05) is 30.8 Å². The molecule has 46 heavy (non-hydrogen) atoms. The quantitative estimate of drug-likeness (QED) is 0.191. The lowest BCUT2D eigenvalue weighted by atomic mass is 9.95. The highest BCUT2D eigenvalue weighted by Gasteiger charge is 2.35. The van der Waals surface area contributed by atoms with E-state index < -0.39 is 28.5 Å². The fraction of sp³-hybridized carbons (Fsp3) is 0.429. The van der Waals surface area contributed by atoms with Crippen molar-refractivity contribution < 1.29 is 27.5 Å². The van der Waals surface area contributed by atoms with Crippen LogP contribution < -0.4 is 19.1 Å². The first-order valence-corrected chi connectivity index (χ1v) is 18.5. The highest BCUT2D eigenvalue weighted by molar-refractivity contribution is 7.98. The van der Waals surface area contributed by atoms with Crippen molar-refractivity contribution >= 4 is 39.3 Å². The van der Waals surface area contributed by atoms with Crippen LogP contribution in [0.15, 0.2) is 82.6 Å². The Balaban J connectivity index is 1.74. The summed E-state index contributed by atoms with van der Waals surface area (Å²) < 4.78 is 40.9. The molecule has 4 rings (SSSR count). The molecule has 1 aliphatic rings. The van der Waals surface area contributed by atoms with Gasteiger partial charge in [-0.15, -0.1) is 11.8 Å². The predicted octanol–water partition coefficient (Wildman–Crippen LogP) is 6.27. The predicted molar refractivity (Wildman–Crippen MR) is 183 cm³/mol. The Kier molecular flexibility index (Phi) is 12.8. The lowest BCUT2D eigenvalue weighted by Gasteiger charge is -2.34. The molecule has 1 unspecified atom stereocenters. The van der Waals surface area contributed by atoms with E-state index in [2.05, 4.69) is 5.32 Å². The van der Waals surface area contributed by atoms with Gasteiger partial charge in [-0.3, -0.25) is 13.9 Å². The van der Waals surface area contributed by atoms with Gasteiger partial charge in [-0.05, 0) is 86.5 Å². The van der Waals surface area contributed by atoms with Gasteiger partial charge in [0, 0.05) is 17.5 Å². The summed E-state index contributed by atoms with van der Waals surface area (Å²) >= 11 is 1.51. The zero-order chi connectivity index (χ0) is 33.1. The number of hydrogen-bond acceptors (Lipinski definition) is 7. The van der Waals surface area contributed by atoms with E-state index in [1.165, 1.54) is 16.7 Å². The van der Waals surface area contributed by atoms with Crippen LogP contribution in [-0.4, -0.2) is 63.7 Å². The lowest BCUT2D eigenvalue weighted by molar-refractivity contribution is -0.140. The normalized spacial score (nSPS) is 14.3. The Morgan fingerprint density at radius 2 is 1.63 bits per heavy atom. The average Bonchev–Trinajstić information content (AvgIpc) is 3.08. The van der Waals surface area contributed by atoms with Crippen molar-refractivity contribution in [2.45, 2.75) is 80.8 Å². The molecule has 0 radical (unpaired) electrons. The van der Waals surface area contributed by atoms with E-state index in [1.54, 1.807) is 67.8 Å². The lowest BCUT2D eigenvalue weighted by Crippen LogP contribution is -2.54. The largest absolute Gasteiger partial charge is 0.497 e. The van der Waals surface area contributed by atoms with Crippen molar-refractivity contribution in [1.82, 2.24) is 10.2 Å². The number of hydrogen-bond donors (Lipinski definition) is 1. The van der Waals surface area contributed by atoms with E-state index in [9.17, 15) is 18.0 Å². The molecule has 1 saturated carbocycles. The molecular formula is C35H45N3O6S2. The maximum Gasteiger partial charge on any atom is 0.264 e. The summed E-state index contributed by atoms with van der Waals surface area (Å²) in [5, 5.41) is 3.18. The molecule has 0 aliphatic heterocycles. The minimum atomic E-state index is -4.23. The molecule has 3 aromatic carbocycles. The number of para-hydroxylation sites is 2. The molecule has 0 saturated heterocycles. The van der Waals surface area contributed by atoms with E-state index >= 15 is 0 Å². The Morgan fingerprint density at radius 3 is 2.24 bits per heavy atom. The van der Waals surface area contributed by atoms with Crippen LogP contribution in [0.2, 0.25) is 0 Å². The van der Waals surface area contributed by atoms with Gasteiger partial charge in [0.1, 0.15) is 24.1 Å². The van der Waals surface area contributed by atoms with Gasteiger partial charge in [0.05, 0.1) is 24.3 Å². The van der Waals surface area contributed by atoms with Gasteiger partial charge in [0.2, 0.25) is 11.8 Å². The zero-order valence-corrected chi connectivity index (χ0v) is 28.7. The molecule has 0 aromatic heterocycles.